The van der Waals surface area contributed by atoms with Crippen LogP contribution < -0.4 is 5.73 Å². The average molecular weight is 328 g/mol. The molecule has 0 fully saturated rings. The lowest BCUT2D eigenvalue weighted by atomic mass is 10.2. The molecule has 1 aromatic carbocycles. The summed E-state index contributed by atoms with van der Waals surface area (Å²) in [6, 6.07) is 5.78. The number of nitrogens with two attached hydrogens (primary N) is 1. The largest absolute Gasteiger partial charge is 0.326 e. The first kappa shape index (κ1) is 16.1. The van der Waals surface area contributed by atoms with Crippen molar-refractivity contribution >= 4 is 21.4 Å². The summed E-state index contributed by atoms with van der Waals surface area (Å²) in [6.45, 7) is 2.13. The van der Waals surface area contributed by atoms with Crippen LogP contribution in [0.15, 0.2) is 34.5 Å². The molecule has 0 saturated carbocycles. The molecule has 2 rings (SSSR count). The van der Waals surface area contributed by atoms with Gasteiger partial charge in [-0.15, -0.1) is 11.3 Å². The Morgan fingerprint density at radius 3 is 2.48 bits per heavy atom. The van der Waals surface area contributed by atoms with Crippen molar-refractivity contribution in [2.24, 2.45) is 5.73 Å². The maximum Gasteiger partial charge on any atom is 0.244 e. The van der Waals surface area contributed by atoms with Gasteiger partial charge in [-0.3, -0.25) is 0 Å². The molecule has 7 heteroatoms. The van der Waals surface area contributed by atoms with Gasteiger partial charge in [0.1, 0.15) is 10.7 Å². The van der Waals surface area contributed by atoms with Gasteiger partial charge in [0.2, 0.25) is 10.0 Å². The molecular weight excluding hydrogens is 311 g/mol. The number of rotatable bonds is 5. The van der Waals surface area contributed by atoms with Gasteiger partial charge >= 0.3 is 0 Å². The molecule has 0 spiro atoms. The Morgan fingerprint density at radius 1 is 1.29 bits per heavy atom. The standard InChI is InChI=1S/C14H17FN2O2S2/c1-10-9-20-13(7-16)14(10)21(18,19)17(2)8-11-3-5-12(15)6-4-11/h3-6,9H,7-8,16H2,1-2H3. The summed E-state index contributed by atoms with van der Waals surface area (Å²) in [5.74, 6) is -0.344. The number of nitrogens with zero attached hydrogens (tertiary/aromatic N) is 1. The van der Waals surface area contributed by atoms with Crippen LogP contribution in [-0.4, -0.2) is 19.8 Å². The predicted molar refractivity (Wildman–Crippen MR) is 82.0 cm³/mol. The fraction of sp³-hybridized carbons (Fsp3) is 0.286. The lowest BCUT2D eigenvalue weighted by Crippen LogP contribution is -2.27. The molecule has 114 valence electrons. The third-order valence-electron chi connectivity index (χ3n) is 3.16. The molecular formula is C14H17FN2O2S2. The van der Waals surface area contributed by atoms with E-state index < -0.39 is 10.0 Å². The fourth-order valence-corrected chi connectivity index (χ4v) is 4.87. The molecule has 4 nitrogen and oxygen atoms in total. The minimum absolute atomic E-state index is 0.182. The zero-order chi connectivity index (χ0) is 15.6. The highest BCUT2D eigenvalue weighted by molar-refractivity contribution is 7.89. The summed E-state index contributed by atoms with van der Waals surface area (Å²) in [7, 11) is -2.10. The number of sulfonamides is 1. The van der Waals surface area contributed by atoms with Crippen molar-refractivity contribution in [3.05, 3.63) is 51.5 Å². The minimum Gasteiger partial charge on any atom is -0.326 e. The molecule has 0 aliphatic rings. The fourth-order valence-electron chi connectivity index (χ4n) is 2.06. The number of benzene rings is 1. The van der Waals surface area contributed by atoms with E-state index in [-0.39, 0.29) is 18.9 Å². The van der Waals surface area contributed by atoms with Crippen molar-refractivity contribution in [1.82, 2.24) is 4.31 Å². The van der Waals surface area contributed by atoms with Gasteiger partial charge in [-0.1, -0.05) is 12.1 Å². The van der Waals surface area contributed by atoms with Gasteiger partial charge < -0.3 is 5.73 Å². The first-order chi connectivity index (χ1) is 9.86. The van der Waals surface area contributed by atoms with Crippen molar-refractivity contribution < 1.29 is 12.8 Å². The van der Waals surface area contributed by atoms with Crippen LogP contribution in [0.3, 0.4) is 0 Å². The molecule has 2 aromatic rings. The molecule has 21 heavy (non-hydrogen) atoms. The summed E-state index contributed by atoms with van der Waals surface area (Å²) in [5.41, 5.74) is 7.04. The maximum atomic E-state index is 12.9. The SMILES string of the molecule is Cc1csc(CN)c1S(=O)(=O)N(C)Cc1ccc(F)cc1. The molecule has 0 atom stereocenters. The molecule has 0 amide bonds. The van der Waals surface area contributed by atoms with Gasteiger partial charge in [-0.05, 0) is 35.6 Å². The van der Waals surface area contributed by atoms with E-state index >= 15 is 0 Å². The number of hydrogen-bond donors (Lipinski definition) is 1. The van der Waals surface area contributed by atoms with Crippen LogP contribution in [0, 0.1) is 12.7 Å². The van der Waals surface area contributed by atoms with E-state index in [9.17, 15) is 12.8 Å². The van der Waals surface area contributed by atoms with E-state index in [2.05, 4.69) is 0 Å². The van der Waals surface area contributed by atoms with Crippen LogP contribution in [-0.2, 0) is 23.1 Å². The van der Waals surface area contributed by atoms with E-state index in [1.165, 1.54) is 34.8 Å². The Morgan fingerprint density at radius 2 is 1.90 bits per heavy atom. The van der Waals surface area contributed by atoms with E-state index in [0.29, 0.717) is 15.3 Å². The van der Waals surface area contributed by atoms with Crippen LogP contribution in [0.25, 0.3) is 0 Å². The number of aryl methyl sites for hydroxylation is 1. The normalized spacial score (nSPS) is 12.0. The van der Waals surface area contributed by atoms with Gasteiger partial charge in [0.15, 0.2) is 0 Å². The quantitative estimate of drug-likeness (QED) is 0.917. The zero-order valence-corrected chi connectivity index (χ0v) is 13.5. The summed E-state index contributed by atoms with van der Waals surface area (Å²) < 4.78 is 39.5. The molecule has 0 radical (unpaired) electrons. The topological polar surface area (TPSA) is 63.4 Å². The van der Waals surface area contributed by atoms with Crippen LogP contribution in [0.2, 0.25) is 0 Å². The zero-order valence-electron chi connectivity index (χ0n) is 11.8. The molecule has 0 aliphatic carbocycles. The number of thiophene rings is 1. The van der Waals surface area contributed by atoms with E-state index in [4.69, 9.17) is 5.73 Å². The van der Waals surface area contributed by atoms with E-state index in [1.807, 2.05) is 0 Å². The second-order valence-corrected chi connectivity index (χ2v) is 7.71. The molecule has 0 aliphatic heterocycles. The molecule has 2 N–H and O–H groups in total. The van der Waals surface area contributed by atoms with Crippen molar-refractivity contribution in [2.45, 2.75) is 24.9 Å². The highest BCUT2D eigenvalue weighted by Crippen LogP contribution is 2.29. The lowest BCUT2D eigenvalue weighted by molar-refractivity contribution is 0.465. The Kier molecular flexibility index (Phi) is 4.77. The minimum atomic E-state index is -3.61. The van der Waals surface area contributed by atoms with Crippen LogP contribution in [0.1, 0.15) is 16.0 Å². The van der Waals surface area contributed by atoms with E-state index in [1.54, 1.807) is 24.4 Å². The van der Waals surface area contributed by atoms with Crippen molar-refractivity contribution in [3.63, 3.8) is 0 Å². The summed E-state index contributed by atoms with van der Waals surface area (Å²) in [5, 5.41) is 1.79. The Balaban J connectivity index is 2.30. The highest BCUT2D eigenvalue weighted by Gasteiger charge is 2.27. The summed E-state index contributed by atoms with van der Waals surface area (Å²) >= 11 is 1.35. The first-order valence-corrected chi connectivity index (χ1v) is 8.66. The van der Waals surface area contributed by atoms with Gasteiger partial charge in [0, 0.05) is 25.0 Å². The van der Waals surface area contributed by atoms with Crippen LogP contribution in [0.4, 0.5) is 4.39 Å². The molecule has 0 saturated heterocycles. The van der Waals surface area contributed by atoms with Crippen LogP contribution in [0.5, 0.6) is 0 Å². The Hall–Kier alpha value is -1.28. The first-order valence-electron chi connectivity index (χ1n) is 6.34. The molecule has 0 unspecified atom stereocenters. The van der Waals surface area contributed by atoms with Gasteiger partial charge in [0.05, 0.1) is 0 Å². The third kappa shape index (κ3) is 3.32. The third-order valence-corrected chi connectivity index (χ3v) is 6.45. The number of halogens is 1. The van der Waals surface area contributed by atoms with Crippen molar-refractivity contribution in [2.75, 3.05) is 7.05 Å². The maximum absolute atomic E-state index is 12.9. The molecule has 0 bridgehead atoms. The lowest BCUT2D eigenvalue weighted by Gasteiger charge is -2.18. The van der Waals surface area contributed by atoms with Crippen molar-refractivity contribution in [1.29, 1.82) is 0 Å². The predicted octanol–water partition coefficient (Wildman–Crippen LogP) is 2.48. The van der Waals surface area contributed by atoms with Gasteiger partial charge in [-0.25, -0.2) is 12.8 Å². The van der Waals surface area contributed by atoms with Crippen LogP contribution >= 0.6 is 11.3 Å². The van der Waals surface area contributed by atoms with Gasteiger partial charge in [-0.2, -0.15) is 4.31 Å². The summed E-state index contributed by atoms with van der Waals surface area (Å²) in [6.07, 6.45) is 0. The summed E-state index contributed by atoms with van der Waals surface area (Å²) in [4.78, 5) is 0.943. The Labute approximate surface area is 128 Å². The van der Waals surface area contributed by atoms with Gasteiger partial charge in [0.25, 0.3) is 0 Å². The van der Waals surface area contributed by atoms with Crippen molar-refractivity contribution in [3.8, 4) is 0 Å². The highest BCUT2D eigenvalue weighted by atomic mass is 32.2. The monoisotopic (exact) mass is 328 g/mol. The van der Waals surface area contributed by atoms with E-state index in [0.717, 1.165) is 5.56 Å². The molecule has 1 aromatic heterocycles. The smallest absolute Gasteiger partial charge is 0.244 e. The number of hydrogen-bond acceptors (Lipinski definition) is 4. The second kappa shape index (κ2) is 6.23. The Bertz CT molecular complexity index is 724. The average Bonchev–Trinajstić information content (AvgIpc) is 2.83. The molecule has 1 heterocycles. The second-order valence-electron chi connectivity index (χ2n) is 4.76.